The summed E-state index contributed by atoms with van der Waals surface area (Å²) in [4.78, 5) is 4.53. The molecule has 0 saturated heterocycles. The molecule has 0 bridgehead atoms. The fourth-order valence-electron chi connectivity index (χ4n) is 2.35. The molecule has 0 amide bonds. The Hall–Kier alpha value is -1.39. The molecule has 2 heterocycles. The Kier molecular flexibility index (Phi) is 5.15. The van der Waals surface area contributed by atoms with E-state index in [0.717, 1.165) is 29.7 Å². The van der Waals surface area contributed by atoms with E-state index in [2.05, 4.69) is 25.0 Å². The molecule has 0 atom stereocenters. The van der Waals surface area contributed by atoms with Gasteiger partial charge in [-0.1, -0.05) is 26.7 Å². The maximum atomic E-state index is 8.73. The minimum atomic E-state index is 0.0463. The van der Waals surface area contributed by atoms with E-state index >= 15 is 0 Å². The Labute approximate surface area is 120 Å². The molecule has 110 valence electrons. The van der Waals surface area contributed by atoms with Crippen LogP contribution in [0.15, 0.2) is 24.5 Å². The van der Waals surface area contributed by atoms with E-state index in [1.807, 2.05) is 22.7 Å². The molecule has 1 fully saturated rings. The zero-order valence-electron chi connectivity index (χ0n) is 12.4. The van der Waals surface area contributed by atoms with Crippen LogP contribution in [0, 0.1) is 0 Å². The Bertz CT molecular complexity index is 542. The number of rotatable bonds is 2. The smallest absolute Gasteiger partial charge is 0.137 e. The average Bonchev–Trinajstić information content (AvgIpc) is 3.06. The molecule has 4 heteroatoms. The molecule has 20 heavy (non-hydrogen) atoms. The molecule has 1 aliphatic carbocycles. The molecular weight excluding hydrogens is 250 g/mol. The quantitative estimate of drug-likeness (QED) is 0.886. The monoisotopic (exact) mass is 275 g/mol. The number of aliphatic hydroxyl groups excluding tert-OH is 1. The van der Waals surface area contributed by atoms with Gasteiger partial charge in [0.15, 0.2) is 0 Å². The summed E-state index contributed by atoms with van der Waals surface area (Å²) >= 11 is 0. The molecular formula is C16H25N3O. The number of fused-ring (bicyclic) bond motifs is 1. The van der Waals surface area contributed by atoms with Crippen LogP contribution in [-0.4, -0.2) is 20.6 Å². The molecule has 3 N–H and O–H groups in total. The molecule has 0 aromatic carbocycles. The van der Waals surface area contributed by atoms with E-state index < -0.39 is 0 Å². The molecule has 1 saturated carbocycles. The lowest BCUT2D eigenvalue weighted by Crippen LogP contribution is -1.96. The van der Waals surface area contributed by atoms with Gasteiger partial charge in [0.1, 0.15) is 5.65 Å². The van der Waals surface area contributed by atoms with Crippen LogP contribution in [0.1, 0.15) is 56.7 Å². The van der Waals surface area contributed by atoms with E-state index in [9.17, 15) is 0 Å². The maximum Gasteiger partial charge on any atom is 0.137 e. The van der Waals surface area contributed by atoms with Crippen molar-refractivity contribution in [1.82, 2.24) is 9.38 Å². The number of imidazole rings is 1. The summed E-state index contributed by atoms with van der Waals surface area (Å²) in [5.41, 5.74) is 8.80. The third kappa shape index (κ3) is 3.81. The average molecular weight is 275 g/mol. The molecule has 0 unspecified atom stereocenters. The lowest BCUT2D eigenvalue weighted by atomic mass is 10.2. The number of nitrogens with two attached hydrogens (primary N) is 1. The zero-order chi connectivity index (χ0) is 14.5. The van der Waals surface area contributed by atoms with Crippen molar-refractivity contribution in [2.24, 2.45) is 5.73 Å². The van der Waals surface area contributed by atoms with Crippen molar-refractivity contribution in [3.8, 4) is 0 Å². The highest BCUT2D eigenvalue weighted by molar-refractivity contribution is 5.43. The highest BCUT2D eigenvalue weighted by Gasteiger charge is 2.09. The van der Waals surface area contributed by atoms with Gasteiger partial charge in [-0.05, 0) is 36.5 Å². The van der Waals surface area contributed by atoms with E-state index in [1.54, 1.807) is 0 Å². The van der Waals surface area contributed by atoms with Gasteiger partial charge in [0.2, 0.25) is 0 Å². The molecule has 1 aliphatic rings. The summed E-state index contributed by atoms with van der Waals surface area (Å²) < 4.78 is 2.04. The fraction of sp³-hybridized carbons (Fsp3) is 0.562. The Balaban J connectivity index is 0.000000205. The van der Waals surface area contributed by atoms with Crippen molar-refractivity contribution < 1.29 is 5.11 Å². The van der Waals surface area contributed by atoms with Gasteiger partial charge in [-0.25, -0.2) is 4.98 Å². The van der Waals surface area contributed by atoms with E-state index in [-0.39, 0.29) is 6.10 Å². The predicted molar refractivity (Wildman–Crippen MR) is 81.6 cm³/mol. The van der Waals surface area contributed by atoms with Crippen LogP contribution in [-0.2, 0) is 6.54 Å². The molecule has 4 nitrogen and oxygen atoms in total. The first kappa shape index (κ1) is 15.0. The van der Waals surface area contributed by atoms with Crippen LogP contribution in [0.2, 0.25) is 0 Å². The van der Waals surface area contributed by atoms with Gasteiger partial charge in [-0.2, -0.15) is 0 Å². The van der Waals surface area contributed by atoms with Crippen LogP contribution in [0.25, 0.3) is 5.65 Å². The predicted octanol–water partition coefficient (Wildman–Crippen LogP) is 2.84. The van der Waals surface area contributed by atoms with Gasteiger partial charge < -0.3 is 15.2 Å². The van der Waals surface area contributed by atoms with Gasteiger partial charge >= 0.3 is 0 Å². The Morgan fingerprint density at radius 3 is 2.60 bits per heavy atom. The highest BCUT2D eigenvalue weighted by Crippen LogP contribution is 2.16. The summed E-state index contributed by atoms with van der Waals surface area (Å²) in [5.74, 6) is 0.469. The third-order valence-corrected chi connectivity index (χ3v) is 3.70. The van der Waals surface area contributed by atoms with Crippen molar-refractivity contribution in [2.75, 3.05) is 0 Å². The normalized spacial score (nSPS) is 15.7. The summed E-state index contributed by atoms with van der Waals surface area (Å²) in [6, 6.07) is 4.06. The van der Waals surface area contributed by atoms with E-state index in [0.29, 0.717) is 12.5 Å². The number of aliphatic hydroxyl groups is 1. The maximum absolute atomic E-state index is 8.73. The van der Waals surface area contributed by atoms with Crippen molar-refractivity contribution >= 4 is 5.65 Å². The topological polar surface area (TPSA) is 63.5 Å². The van der Waals surface area contributed by atoms with Gasteiger partial charge in [0.05, 0.1) is 11.8 Å². The fourth-order valence-corrected chi connectivity index (χ4v) is 2.35. The summed E-state index contributed by atoms with van der Waals surface area (Å²) in [6.45, 7) is 4.86. The first-order valence-corrected chi connectivity index (χ1v) is 7.46. The van der Waals surface area contributed by atoms with Crippen LogP contribution in [0.3, 0.4) is 0 Å². The second-order valence-corrected chi connectivity index (χ2v) is 5.76. The first-order valence-electron chi connectivity index (χ1n) is 7.46. The van der Waals surface area contributed by atoms with Gasteiger partial charge in [0, 0.05) is 18.9 Å². The summed E-state index contributed by atoms with van der Waals surface area (Å²) in [6.07, 6.45) is 8.68. The van der Waals surface area contributed by atoms with E-state index in [4.69, 9.17) is 10.8 Å². The number of hydrogen-bond acceptors (Lipinski definition) is 3. The number of nitrogens with zero attached hydrogens (tertiary/aromatic N) is 2. The lowest BCUT2D eigenvalue weighted by Gasteiger charge is -1.96. The standard InChI is InChI=1S/C11H15N3.C5H10O/c1-8(2)10-7-14-4-3-9(6-12)5-11(14)13-10;6-5-3-1-2-4-5/h3-5,7-8H,6,12H2,1-2H3;5-6H,1-4H2. The van der Waals surface area contributed by atoms with Crippen LogP contribution < -0.4 is 5.73 Å². The molecule has 2 aromatic heterocycles. The number of aromatic nitrogens is 2. The molecule has 3 rings (SSSR count). The van der Waals surface area contributed by atoms with E-state index in [1.165, 1.54) is 12.8 Å². The van der Waals surface area contributed by atoms with Gasteiger partial charge in [0.25, 0.3) is 0 Å². The van der Waals surface area contributed by atoms with Crippen LogP contribution >= 0.6 is 0 Å². The van der Waals surface area contributed by atoms with Crippen molar-refractivity contribution in [3.05, 3.63) is 35.8 Å². The van der Waals surface area contributed by atoms with Gasteiger partial charge in [-0.3, -0.25) is 0 Å². The van der Waals surface area contributed by atoms with Gasteiger partial charge in [-0.15, -0.1) is 0 Å². The summed E-state index contributed by atoms with van der Waals surface area (Å²) in [7, 11) is 0. The largest absolute Gasteiger partial charge is 0.393 e. The van der Waals surface area contributed by atoms with Crippen molar-refractivity contribution in [2.45, 2.75) is 58.1 Å². The first-order chi connectivity index (χ1) is 9.60. The zero-order valence-corrected chi connectivity index (χ0v) is 12.4. The van der Waals surface area contributed by atoms with Crippen LogP contribution in [0.4, 0.5) is 0 Å². The minimum Gasteiger partial charge on any atom is -0.393 e. The Morgan fingerprint density at radius 2 is 2.10 bits per heavy atom. The lowest BCUT2D eigenvalue weighted by molar-refractivity contribution is 0.183. The minimum absolute atomic E-state index is 0.0463. The number of hydrogen-bond donors (Lipinski definition) is 2. The Morgan fingerprint density at radius 1 is 1.40 bits per heavy atom. The van der Waals surface area contributed by atoms with Crippen molar-refractivity contribution in [1.29, 1.82) is 0 Å². The summed E-state index contributed by atoms with van der Waals surface area (Å²) in [5, 5.41) is 8.73. The third-order valence-electron chi connectivity index (χ3n) is 3.70. The molecule has 0 spiro atoms. The number of pyridine rings is 1. The highest BCUT2D eigenvalue weighted by atomic mass is 16.3. The molecule has 0 radical (unpaired) electrons. The second-order valence-electron chi connectivity index (χ2n) is 5.76. The molecule has 0 aliphatic heterocycles. The van der Waals surface area contributed by atoms with Crippen molar-refractivity contribution in [3.63, 3.8) is 0 Å². The molecule has 2 aromatic rings. The SMILES string of the molecule is CC(C)c1cn2ccc(CN)cc2n1.OC1CCCC1. The van der Waals surface area contributed by atoms with Crippen LogP contribution in [0.5, 0.6) is 0 Å². The second kappa shape index (κ2) is 6.86.